The van der Waals surface area contributed by atoms with Gasteiger partial charge in [-0.1, -0.05) is 15.9 Å². The van der Waals surface area contributed by atoms with E-state index in [-0.39, 0.29) is 17.4 Å². The molecule has 2 aromatic rings. The van der Waals surface area contributed by atoms with Gasteiger partial charge in [0, 0.05) is 23.4 Å². The average Bonchev–Trinajstić information content (AvgIpc) is 2.42. The van der Waals surface area contributed by atoms with Crippen molar-refractivity contribution in [1.82, 2.24) is 9.97 Å². The Morgan fingerprint density at radius 1 is 1.30 bits per heavy atom. The first-order valence-corrected chi connectivity index (χ1v) is 8.00. The molecule has 0 saturated heterocycles. The lowest BCUT2D eigenvalue weighted by Crippen LogP contribution is -2.17. The molecule has 106 valence electrons. The Kier molecular flexibility index (Phi) is 4.36. The Morgan fingerprint density at radius 3 is 2.55 bits per heavy atom. The van der Waals surface area contributed by atoms with E-state index in [1.807, 2.05) is 0 Å². The van der Waals surface area contributed by atoms with Gasteiger partial charge in [-0.05, 0) is 36.2 Å². The molecule has 8 heteroatoms. The zero-order valence-electron chi connectivity index (χ0n) is 10.7. The van der Waals surface area contributed by atoms with Crippen LogP contribution in [-0.4, -0.2) is 18.4 Å². The van der Waals surface area contributed by atoms with Crippen LogP contribution < -0.4 is 10.5 Å². The minimum atomic E-state index is -3.76. The van der Waals surface area contributed by atoms with Crippen LogP contribution in [0.3, 0.4) is 0 Å². The molecule has 2 rings (SSSR count). The molecule has 1 aromatic heterocycles. The normalized spacial score (nSPS) is 11.3. The number of hydrogen-bond donors (Lipinski definition) is 2. The summed E-state index contributed by atoms with van der Waals surface area (Å²) in [4.78, 5) is 7.85. The highest BCUT2D eigenvalue weighted by Crippen LogP contribution is 2.26. The van der Waals surface area contributed by atoms with Gasteiger partial charge in [0.1, 0.15) is 0 Å². The Bertz CT molecular complexity index is 720. The van der Waals surface area contributed by atoms with Gasteiger partial charge in [0.2, 0.25) is 5.95 Å². The number of benzene rings is 1. The van der Waals surface area contributed by atoms with Crippen molar-refractivity contribution in [3.63, 3.8) is 0 Å². The molecule has 0 saturated carbocycles. The molecule has 0 atom stereocenters. The summed E-state index contributed by atoms with van der Waals surface area (Å²) in [6.45, 7) is 1.97. The lowest BCUT2D eigenvalue weighted by atomic mass is 10.1. The molecule has 0 bridgehead atoms. The molecule has 1 aromatic carbocycles. The summed E-state index contributed by atoms with van der Waals surface area (Å²) in [7, 11) is -3.76. The number of anilines is 1. The molecule has 0 aliphatic heterocycles. The predicted molar refractivity (Wildman–Crippen MR) is 79.6 cm³/mol. The van der Waals surface area contributed by atoms with Crippen molar-refractivity contribution < 1.29 is 8.42 Å². The van der Waals surface area contributed by atoms with E-state index in [4.69, 9.17) is 5.73 Å². The Morgan fingerprint density at radius 2 is 1.95 bits per heavy atom. The van der Waals surface area contributed by atoms with E-state index >= 15 is 0 Å². The van der Waals surface area contributed by atoms with Crippen LogP contribution in [-0.2, 0) is 16.6 Å². The summed E-state index contributed by atoms with van der Waals surface area (Å²) < 4.78 is 27.8. The molecule has 0 amide bonds. The van der Waals surface area contributed by atoms with Gasteiger partial charge in [0.25, 0.3) is 10.0 Å². The smallest absolute Gasteiger partial charge is 0.264 e. The molecule has 0 aliphatic rings. The Labute approximate surface area is 125 Å². The number of nitrogens with zero attached hydrogens (tertiary/aromatic N) is 2. The van der Waals surface area contributed by atoms with E-state index < -0.39 is 10.0 Å². The lowest BCUT2D eigenvalue weighted by Gasteiger charge is -2.12. The summed E-state index contributed by atoms with van der Waals surface area (Å²) in [5.74, 6) is 0.0289. The van der Waals surface area contributed by atoms with Crippen molar-refractivity contribution in [2.45, 2.75) is 18.4 Å². The number of nitrogens with one attached hydrogen (secondary N) is 1. The summed E-state index contributed by atoms with van der Waals surface area (Å²) in [5.41, 5.74) is 6.89. The number of rotatable bonds is 4. The third-order valence-corrected chi connectivity index (χ3v) is 4.95. The maximum absolute atomic E-state index is 12.4. The number of hydrogen-bond acceptors (Lipinski definition) is 5. The number of halogens is 1. The zero-order chi connectivity index (χ0) is 14.8. The average molecular weight is 357 g/mol. The highest BCUT2D eigenvalue weighted by atomic mass is 79.9. The molecule has 0 unspecified atom stereocenters. The van der Waals surface area contributed by atoms with Crippen molar-refractivity contribution in [2.24, 2.45) is 5.73 Å². The van der Waals surface area contributed by atoms with Crippen LogP contribution >= 0.6 is 15.9 Å². The molecule has 0 fully saturated rings. The van der Waals surface area contributed by atoms with Gasteiger partial charge in [0.15, 0.2) is 0 Å². The topological polar surface area (TPSA) is 98.0 Å². The van der Waals surface area contributed by atoms with E-state index in [1.165, 1.54) is 12.4 Å². The van der Waals surface area contributed by atoms with Crippen LogP contribution in [0.4, 0.5) is 5.95 Å². The molecule has 0 spiro atoms. The molecular weight excluding hydrogens is 344 g/mol. The summed E-state index contributed by atoms with van der Waals surface area (Å²) in [6, 6.07) is 4.95. The van der Waals surface area contributed by atoms with Gasteiger partial charge < -0.3 is 5.73 Å². The van der Waals surface area contributed by atoms with Crippen LogP contribution in [0.15, 0.2) is 40.0 Å². The lowest BCUT2D eigenvalue weighted by molar-refractivity contribution is 0.600. The molecule has 20 heavy (non-hydrogen) atoms. The second kappa shape index (κ2) is 5.86. The fourth-order valence-corrected chi connectivity index (χ4v) is 3.55. The molecular formula is C12H13BrN4O2S. The minimum Gasteiger partial charge on any atom is -0.326 e. The first-order valence-electron chi connectivity index (χ1n) is 5.73. The van der Waals surface area contributed by atoms with E-state index in [2.05, 4.69) is 30.6 Å². The van der Waals surface area contributed by atoms with Crippen molar-refractivity contribution in [1.29, 1.82) is 0 Å². The van der Waals surface area contributed by atoms with Crippen molar-refractivity contribution in [3.8, 4) is 0 Å². The highest BCUT2D eigenvalue weighted by Gasteiger charge is 2.20. The summed E-state index contributed by atoms with van der Waals surface area (Å²) in [6.07, 6.45) is 2.92. The third kappa shape index (κ3) is 3.14. The third-order valence-electron chi connectivity index (χ3n) is 2.67. The largest absolute Gasteiger partial charge is 0.326 e. The van der Waals surface area contributed by atoms with Gasteiger partial charge in [0.05, 0.1) is 4.90 Å². The fourth-order valence-electron chi connectivity index (χ4n) is 1.63. The van der Waals surface area contributed by atoms with E-state index in [0.29, 0.717) is 10.0 Å². The maximum atomic E-state index is 12.4. The molecule has 3 N–H and O–H groups in total. The van der Waals surface area contributed by atoms with E-state index in [0.717, 1.165) is 5.56 Å². The summed E-state index contributed by atoms with van der Waals surface area (Å²) in [5, 5.41) is 0. The Balaban J connectivity index is 2.47. The second-order valence-corrected chi connectivity index (χ2v) is 6.59. The van der Waals surface area contributed by atoms with Crippen molar-refractivity contribution in [2.75, 3.05) is 4.72 Å². The van der Waals surface area contributed by atoms with Gasteiger partial charge in [-0.25, -0.2) is 23.1 Å². The van der Waals surface area contributed by atoms with Gasteiger partial charge in [-0.2, -0.15) is 0 Å². The van der Waals surface area contributed by atoms with E-state index in [9.17, 15) is 8.42 Å². The first kappa shape index (κ1) is 14.9. The second-order valence-electron chi connectivity index (χ2n) is 4.08. The summed E-state index contributed by atoms with van der Waals surface area (Å²) >= 11 is 3.34. The SMILES string of the molecule is Cc1c(Br)cc(CN)cc1S(=O)(=O)Nc1ncccn1. The standard InChI is InChI=1S/C12H13BrN4O2S/c1-8-10(13)5-9(7-14)6-11(8)20(18,19)17-12-15-3-2-4-16-12/h2-6H,7,14H2,1H3,(H,15,16,17). The van der Waals surface area contributed by atoms with Crippen molar-refractivity contribution in [3.05, 3.63) is 46.2 Å². The predicted octanol–water partition coefficient (Wildman–Crippen LogP) is 1.81. The Hall–Kier alpha value is -1.51. The number of nitrogens with two attached hydrogens (primary N) is 1. The quantitative estimate of drug-likeness (QED) is 0.870. The molecule has 1 heterocycles. The highest BCUT2D eigenvalue weighted by molar-refractivity contribution is 9.10. The molecule has 0 radical (unpaired) electrons. The molecule has 0 aliphatic carbocycles. The van der Waals surface area contributed by atoms with E-state index in [1.54, 1.807) is 25.1 Å². The van der Waals surface area contributed by atoms with Crippen LogP contribution in [0, 0.1) is 6.92 Å². The van der Waals surface area contributed by atoms with Crippen LogP contribution in [0.5, 0.6) is 0 Å². The van der Waals surface area contributed by atoms with Gasteiger partial charge in [-0.15, -0.1) is 0 Å². The van der Waals surface area contributed by atoms with Crippen LogP contribution in [0.2, 0.25) is 0 Å². The number of sulfonamides is 1. The first-order chi connectivity index (χ1) is 9.44. The fraction of sp³-hybridized carbons (Fsp3) is 0.167. The van der Waals surface area contributed by atoms with Gasteiger partial charge >= 0.3 is 0 Å². The minimum absolute atomic E-state index is 0.0289. The van der Waals surface area contributed by atoms with Crippen LogP contribution in [0.25, 0.3) is 0 Å². The van der Waals surface area contributed by atoms with Gasteiger partial charge in [-0.3, -0.25) is 0 Å². The monoisotopic (exact) mass is 356 g/mol. The molecule has 6 nitrogen and oxygen atoms in total. The van der Waals surface area contributed by atoms with Crippen molar-refractivity contribution >= 4 is 31.9 Å². The zero-order valence-corrected chi connectivity index (χ0v) is 13.1. The maximum Gasteiger partial charge on any atom is 0.264 e. The number of aromatic nitrogens is 2. The van der Waals surface area contributed by atoms with Crippen LogP contribution in [0.1, 0.15) is 11.1 Å².